The lowest BCUT2D eigenvalue weighted by Crippen LogP contribution is -2.29. The molecule has 3 rings (SSSR count). The number of hydrogen-bond acceptors (Lipinski definition) is 6. The van der Waals surface area contributed by atoms with Gasteiger partial charge in [0.1, 0.15) is 0 Å². The number of thiophene rings is 2. The topological polar surface area (TPSA) is 71.5 Å². The summed E-state index contributed by atoms with van der Waals surface area (Å²) in [6.07, 6.45) is 1.06. The maximum atomic E-state index is 13.2. The molecule has 0 radical (unpaired) electrons. The van der Waals surface area contributed by atoms with Crippen LogP contribution >= 0.6 is 22.7 Å². The quantitative estimate of drug-likeness (QED) is 0.578. The standard InChI is InChI=1S/C17H17NO4S4/c1-25(19,20)16-7-2-8-17(11-16)26(21,22)18(12-14-5-3-9-23-14)13-15-6-4-10-24-15/h2-11H,12-13H2,1H3. The summed E-state index contributed by atoms with van der Waals surface area (Å²) in [5, 5.41) is 3.80. The van der Waals surface area contributed by atoms with Crippen LogP contribution in [0.4, 0.5) is 0 Å². The SMILES string of the molecule is CS(=O)(=O)c1cccc(S(=O)(=O)N(Cc2cccs2)Cc2cccs2)c1. The number of benzene rings is 1. The Balaban J connectivity index is 2.01. The average Bonchev–Trinajstić information content (AvgIpc) is 3.27. The summed E-state index contributed by atoms with van der Waals surface area (Å²) >= 11 is 2.97. The fourth-order valence-electron chi connectivity index (χ4n) is 2.39. The Morgan fingerprint density at radius 2 is 1.35 bits per heavy atom. The van der Waals surface area contributed by atoms with Crippen LogP contribution in [0.5, 0.6) is 0 Å². The molecule has 0 aliphatic carbocycles. The second-order valence-electron chi connectivity index (χ2n) is 5.68. The van der Waals surface area contributed by atoms with Crippen molar-refractivity contribution in [3.63, 3.8) is 0 Å². The summed E-state index contributed by atoms with van der Waals surface area (Å²) in [6, 6.07) is 13.0. The maximum Gasteiger partial charge on any atom is 0.243 e. The van der Waals surface area contributed by atoms with Gasteiger partial charge in [-0.1, -0.05) is 18.2 Å². The molecule has 0 aliphatic rings. The molecule has 0 aliphatic heterocycles. The first kappa shape index (κ1) is 19.2. The van der Waals surface area contributed by atoms with Gasteiger partial charge in [0.15, 0.2) is 9.84 Å². The van der Waals surface area contributed by atoms with Crippen LogP contribution in [0.3, 0.4) is 0 Å². The summed E-state index contributed by atoms with van der Waals surface area (Å²) in [7, 11) is -7.34. The Kier molecular flexibility index (Phi) is 5.64. The number of nitrogens with zero attached hydrogens (tertiary/aromatic N) is 1. The van der Waals surface area contributed by atoms with Crippen molar-refractivity contribution < 1.29 is 16.8 Å². The van der Waals surface area contributed by atoms with Gasteiger partial charge in [-0.25, -0.2) is 16.8 Å². The molecule has 26 heavy (non-hydrogen) atoms. The molecule has 0 fully saturated rings. The predicted octanol–water partition coefficient (Wildman–Crippen LogP) is 3.60. The Labute approximate surface area is 161 Å². The monoisotopic (exact) mass is 427 g/mol. The van der Waals surface area contributed by atoms with Crippen LogP contribution in [0.2, 0.25) is 0 Å². The van der Waals surface area contributed by atoms with Gasteiger partial charge in [0.2, 0.25) is 10.0 Å². The largest absolute Gasteiger partial charge is 0.243 e. The Bertz CT molecular complexity index is 1030. The minimum absolute atomic E-state index is 0.00854. The Hall–Kier alpha value is -1.52. The summed E-state index contributed by atoms with van der Waals surface area (Å²) in [5.74, 6) is 0. The van der Waals surface area contributed by atoms with E-state index >= 15 is 0 Å². The highest BCUT2D eigenvalue weighted by atomic mass is 32.2. The van der Waals surface area contributed by atoms with Gasteiger partial charge >= 0.3 is 0 Å². The first-order valence-corrected chi connectivity index (χ1v) is 12.7. The first-order valence-electron chi connectivity index (χ1n) is 7.62. The molecule has 0 atom stereocenters. The molecule has 0 saturated heterocycles. The first-order chi connectivity index (χ1) is 12.3. The molecular formula is C17H17NO4S4. The molecule has 0 N–H and O–H groups in total. The second kappa shape index (κ2) is 7.61. The van der Waals surface area contributed by atoms with Crippen molar-refractivity contribution in [1.82, 2.24) is 4.31 Å². The molecule has 0 saturated carbocycles. The lowest BCUT2D eigenvalue weighted by Gasteiger charge is -2.21. The van der Waals surface area contributed by atoms with Gasteiger partial charge in [-0.2, -0.15) is 4.31 Å². The van der Waals surface area contributed by atoms with E-state index in [4.69, 9.17) is 0 Å². The molecule has 0 spiro atoms. The van der Waals surface area contributed by atoms with Crippen molar-refractivity contribution in [3.8, 4) is 0 Å². The van der Waals surface area contributed by atoms with Gasteiger partial charge in [-0.3, -0.25) is 0 Å². The van der Waals surface area contributed by atoms with Crippen LogP contribution in [0, 0.1) is 0 Å². The fraction of sp³-hybridized carbons (Fsp3) is 0.176. The third-order valence-corrected chi connectivity index (χ3v) is 8.32. The van der Waals surface area contributed by atoms with Crippen LogP contribution in [0.25, 0.3) is 0 Å². The van der Waals surface area contributed by atoms with Gasteiger partial charge in [-0.15, -0.1) is 22.7 Å². The fourth-order valence-corrected chi connectivity index (χ4v) is 6.18. The van der Waals surface area contributed by atoms with E-state index in [1.165, 1.54) is 51.2 Å². The molecule has 2 heterocycles. The van der Waals surface area contributed by atoms with Crippen molar-refractivity contribution in [2.45, 2.75) is 22.9 Å². The summed E-state index contributed by atoms with van der Waals surface area (Å²) < 4.78 is 51.4. The third kappa shape index (κ3) is 4.41. The number of sulfone groups is 1. The highest BCUT2D eigenvalue weighted by molar-refractivity contribution is 7.91. The molecule has 3 aromatic rings. The molecule has 0 unspecified atom stereocenters. The molecule has 5 nitrogen and oxygen atoms in total. The third-order valence-electron chi connectivity index (χ3n) is 3.70. The van der Waals surface area contributed by atoms with E-state index in [1.54, 1.807) is 0 Å². The van der Waals surface area contributed by atoms with Crippen molar-refractivity contribution >= 4 is 42.5 Å². The van der Waals surface area contributed by atoms with Gasteiger partial charge in [-0.05, 0) is 41.1 Å². The normalized spacial score (nSPS) is 12.5. The van der Waals surface area contributed by atoms with Crippen molar-refractivity contribution in [2.75, 3.05) is 6.26 Å². The van der Waals surface area contributed by atoms with Crippen molar-refractivity contribution in [1.29, 1.82) is 0 Å². The van der Waals surface area contributed by atoms with Crippen LogP contribution in [-0.2, 0) is 33.0 Å². The number of hydrogen-bond donors (Lipinski definition) is 0. The lowest BCUT2D eigenvalue weighted by atomic mass is 10.4. The van der Waals surface area contributed by atoms with Gasteiger partial charge < -0.3 is 0 Å². The van der Waals surface area contributed by atoms with E-state index in [0.29, 0.717) is 0 Å². The van der Waals surface area contributed by atoms with Crippen LogP contribution in [0.1, 0.15) is 9.75 Å². The zero-order valence-corrected chi connectivity index (χ0v) is 17.2. The van der Waals surface area contributed by atoms with E-state index in [0.717, 1.165) is 16.0 Å². The van der Waals surface area contributed by atoms with Gasteiger partial charge in [0.05, 0.1) is 9.79 Å². The zero-order chi connectivity index (χ0) is 18.8. The number of rotatable bonds is 7. The maximum absolute atomic E-state index is 13.2. The van der Waals surface area contributed by atoms with Crippen molar-refractivity contribution in [2.24, 2.45) is 0 Å². The molecular weight excluding hydrogens is 410 g/mol. The highest BCUT2D eigenvalue weighted by Crippen LogP contribution is 2.25. The summed E-state index contributed by atoms with van der Waals surface area (Å²) in [4.78, 5) is 1.81. The molecule has 138 valence electrons. The Morgan fingerprint density at radius 3 is 1.81 bits per heavy atom. The van der Waals surface area contributed by atoms with Crippen LogP contribution in [0.15, 0.2) is 69.1 Å². The van der Waals surface area contributed by atoms with Gasteiger partial charge in [0, 0.05) is 29.1 Å². The van der Waals surface area contributed by atoms with Crippen LogP contribution < -0.4 is 0 Å². The molecule has 1 aromatic carbocycles. The summed E-state index contributed by atoms with van der Waals surface area (Å²) in [5.41, 5.74) is 0. The Morgan fingerprint density at radius 1 is 0.808 bits per heavy atom. The van der Waals surface area contributed by atoms with E-state index in [1.807, 2.05) is 35.0 Å². The molecule has 0 bridgehead atoms. The molecule has 0 amide bonds. The van der Waals surface area contributed by atoms with E-state index < -0.39 is 19.9 Å². The predicted molar refractivity (Wildman–Crippen MR) is 105 cm³/mol. The van der Waals surface area contributed by atoms with Crippen molar-refractivity contribution in [3.05, 3.63) is 69.0 Å². The minimum Gasteiger partial charge on any atom is -0.224 e. The van der Waals surface area contributed by atoms with Crippen LogP contribution in [-0.4, -0.2) is 27.4 Å². The zero-order valence-electron chi connectivity index (χ0n) is 13.9. The van der Waals surface area contributed by atoms with E-state index in [9.17, 15) is 16.8 Å². The summed E-state index contributed by atoms with van der Waals surface area (Å²) in [6.45, 7) is 0.474. The van der Waals surface area contributed by atoms with Gasteiger partial charge in [0.25, 0.3) is 0 Å². The minimum atomic E-state index is -3.85. The van der Waals surface area contributed by atoms with E-state index in [2.05, 4.69) is 0 Å². The van der Waals surface area contributed by atoms with E-state index in [-0.39, 0.29) is 22.9 Å². The highest BCUT2D eigenvalue weighted by Gasteiger charge is 2.26. The second-order valence-corrected chi connectivity index (χ2v) is 11.7. The smallest absolute Gasteiger partial charge is 0.224 e. The molecule has 9 heteroatoms. The molecule has 2 aromatic heterocycles. The average molecular weight is 428 g/mol. The number of sulfonamides is 1. The lowest BCUT2D eigenvalue weighted by molar-refractivity contribution is 0.407.